The van der Waals surface area contributed by atoms with Crippen molar-refractivity contribution in [3.63, 3.8) is 0 Å². The Hall–Kier alpha value is -3.81. The number of ether oxygens (including phenoxy) is 1. The number of hydrogen-bond acceptors (Lipinski definition) is 6. The Labute approximate surface area is 218 Å². The van der Waals surface area contributed by atoms with Gasteiger partial charge in [0.1, 0.15) is 11.9 Å². The van der Waals surface area contributed by atoms with Crippen LogP contribution < -0.4 is 20.9 Å². The molecule has 1 heterocycles. The van der Waals surface area contributed by atoms with Crippen molar-refractivity contribution in [2.75, 3.05) is 30.9 Å². The number of amides is 2. The average molecular weight is 504 g/mol. The molecule has 2 amide bonds. The van der Waals surface area contributed by atoms with Gasteiger partial charge in [-0.15, -0.1) is 0 Å². The van der Waals surface area contributed by atoms with Gasteiger partial charge < -0.3 is 25.6 Å². The van der Waals surface area contributed by atoms with Crippen LogP contribution >= 0.6 is 0 Å². The maximum atomic E-state index is 12.8. The Morgan fingerprint density at radius 1 is 1.00 bits per heavy atom. The second kappa shape index (κ2) is 12.4. The highest BCUT2D eigenvalue weighted by atomic mass is 16.5. The van der Waals surface area contributed by atoms with Gasteiger partial charge in [0.2, 0.25) is 0 Å². The van der Waals surface area contributed by atoms with Gasteiger partial charge in [0.25, 0.3) is 0 Å². The highest BCUT2D eigenvalue weighted by molar-refractivity contribution is 5.93. The van der Waals surface area contributed by atoms with Gasteiger partial charge in [0.15, 0.2) is 0 Å². The standard InChI is InChI=1S/C29H37N5O3/c1-4-37-28(35)25(18-20-10-6-5-7-11-20)33-29(36)31-22-16-14-21(15-17-22)30-27-19-26(34(2)3)23-12-8-9-13-24(23)32-27/h5-13,19,21-22,25H,4,14-18H2,1-3H3,(H,30,32)(H2,31,33,36)/t21-,22+,25-/m0/s1. The second-order valence-corrected chi connectivity index (χ2v) is 9.74. The van der Waals surface area contributed by atoms with E-state index in [9.17, 15) is 9.59 Å². The lowest BCUT2D eigenvalue weighted by atomic mass is 9.91. The van der Waals surface area contributed by atoms with Gasteiger partial charge in [-0.3, -0.25) is 0 Å². The van der Waals surface area contributed by atoms with Crippen LogP contribution in [-0.2, 0) is 16.0 Å². The van der Waals surface area contributed by atoms with Gasteiger partial charge in [0.05, 0.1) is 12.1 Å². The van der Waals surface area contributed by atoms with Crippen molar-refractivity contribution in [1.29, 1.82) is 0 Å². The first kappa shape index (κ1) is 26.3. The van der Waals surface area contributed by atoms with Crippen molar-refractivity contribution >= 4 is 34.4 Å². The number of carbonyl (C=O) groups excluding carboxylic acids is 2. The first-order chi connectivity index (χ1) is 17.9. The molecule has 0 spiro atoms. The molecule has 0 bridgehead atoms. The minimum atomic E-state index is -0.731. The molecule has 4 rings (SSSR count). The maximum absolute atomic E-state index is 12.8. The summed E-state index contributed by atoms with van der Waals surface area (Å²) in [4.78, 5) is 32.1. The summed E-state index contributed by atoms with van der Waals surface area (Å²) in [5, 5.41) is 10.6. The molecule has 0 unspecified atom stereocenters. The third-order valence-corrected chi connectivity index (χ3v) is 6.75. The predicted octanol–water partition coefficient (Wildman–Crippen LogP) is 4.50. The van der Waals surface area contributed by atoms with Crippen LogP contribution in [0.3, 0.4) is 0 Å². The Morgan fingerprint density at radius 2 is 1.68 bits per heavy atom. The van der Waals surface area contributed by atoms with E-state index >= 15 is 0 Å². The van der Waals surface area contributed by atoms with Gasteiger partial charge in [-0.25, -0.2) is 14.6 Å². The summed E-state index contributed by atoms with van der Waals surface area (Å²) in [5.74, 6) is 0.448. The Morgan fingerprint density at radius 3 is 2.38 bits per heavy atom. The van der Waals surface area contributed by atoms with Crippen LogP contribution in [0.4, 0.5) is 16.3 Å². The molecule has 3 aromatic rings. The number of carbonyl (C=O) groups is 2. The lowest BCUT2D eigenvalue weighted by Crippen LogP contribution is -2.51. The first-order valence-electron chi connectivity index (χ1n) is 13.0. The van der Waals surface area contributed by atoms with Gasteiger partial charge in [-0.1, -0.05) is 48.5 Å². The van der Waals surface area contributed by atoms with Gasteiger partial charge in [-0.05, 0) is 44.2 Å². The predicted molar refractivity (Wildman–Crippen MR) is 148 cm³/mol. The van der Waals surface area contributed by atoms with Crippen molar-refractivity contribution in [3.8, 4) is 0 Å². The molecule has 3 N–H and O–H groups in total. The molecule has 0 radical (unpaired) electrons. The number of para-hydroxylation sites is 1. The van der Waals surface area contributed by atoms with E-state index in [0.29, 0.717) is 6.42 Å². The van der Waals surface area contributed by atoms with E-state index in [0.717, 1.165) is 53.7 Å². The maximum Gasteiger partial charge on any atom is 0.329 e. The van der Waals surface area contributed by atoms with E-state index in [1.165, 1.54) is 0 Å². The monoisotopic (exact) mass is 503 g/mol. The van der Waals surface area contributed by atoms with Crippen LogP contribution in [0.5, 0.6) is 0 Å². The van der Waals surface area contributed by atoms with Crippen LogP contribution in [0, 0.1) is 0 Å². The summed E-state index contributed by atoms with van der Waals surface area (Å²) in [6.45, 7) is 2.03. The Balaban J connectivity index is 1.31. The number of benzene rings is 2. The van der Waals surface area contributed by atoms with Crippen molar-refractivity contribution in [3.05, 3.63) is 66.2 Å². The largest absolute Gasteiger partial charge is 0.464 e. The zero-order valence-corrected chi connectivity index (χ0v) is 21.9. The lowest BCUT2D eigenvalue weighted by molar-refractivity contribution is -0.145. The number of aromatic nitrogens is 1. The smallest absolute Gasteiger partial charge is 0.329 e. The molecule has 1 atom stereocenters. The number of hydrogen-bond donors (Lipinski definition) is 3. The Bertz CT molecular complexity index is 1190. The Kier molecular flexibility index (Phi) is 8.82. The number of pyridine rings is 1. The highest BCUT2D eigenvalue weighted by Gasteiger charge is 2.26. The zero-order chi connectivity index (χ0) is 26.2. The minimum absolute atomic E-state index is 0.0551. The molecule has 1 fully saturated rings. The van der Waals surface area contributed by atoms with Gasteiger partial charge in [-0.2, -0.15) is 0 Å². The summed E-state index contributed by atoms with van der Waals surface area (Å²) in [7, 11) is 4.08. The molecule has 0 aliphatic heterocycles. The molecule has 2 aromatic carbocycles. The molecule has 8 heteroatoms. The van der Waals surface area contributed by atoms with E-state index in [1.807, 2.05) is 62.6 Å². The number of nitrogens with one attached hydrogen (secondary N) is 3. The number of rotatable bonds is 9. The third kappa shape index (κ3) is 7.12. The first-order valence-corrected chi connectivity index (χ1v) is 13.0. The fourth-order valence-electron chi connectivity index (χ4n) is 4.86. The molecule has 37 heavy (non-hydrogen) atoms. The summed E-state index contributed by atoms with van der Waals surface area (Å²) in [5.41, 5.74) is 3.06. The van der Waals surface area contributed by atoms with Crippen LogP contribution in [0.2, 0.25) is 0 Å². The fraction of sp³-hybridized carbons (Fsp3) is 0.414. The van der Waals surface area contributed by atoms with Crippen molar-refractivity contribution in [2.45, 2.75) is 57.2 Å². The van der Waals surface area contributed by atoms with Gasteiger partial charge in [0, 0.05) is 49.7 Å². The number of nitrogens with zero attached hydrogens (tertiary/aromatic N) is 2. The summed E-state index contributed by atoms with van der Waals surface area (Å²) in [6, 6.07) is 19.2. The van der Waals surface area contributed by atoms with Crippen molar-refractivity contribution in [2.24, 2.45) is 0 Å². The van der Waals surface area contributed by atoms with E-state index in [1.54, 1.807) is 6.92 Å². The van der Waals surface area contributed by atoms with Crippen LogP contribution in [-0.4, -0.2) is 55.8 Å². The van der Waals surface area contributed by atoms with Crippen LogP contribution in [0.25, 0.3) is 10.9 Å². The zero-order valence-electron chi connectivity index (χ0n) is 21.9. The quantitative estimate of drug-likeness (QED) is 0.372. The number of anilines is 2. The number of fused-ring (bicyclic) bond motifs is 1. The molecule has 196 valence electrons. The van der Waals surface area contributed by atoms with E-state index in [2.05, 4.69) is 33.0 Å². The van der Waals surface area contributed by atoms with Crippen molar-refractivity contribution < 1.29 is 14.3 Å². The van der Waals surface area contributed by atoms with Crippen LogP contribution in [0.15, 0.2) is 60.7 Å². The van der Waals surface area contributed by atoms with E-state index in [-0.39, 0.29) is 24.7 Å². The normalized spacial score (nSPS) is 18.0. The summed E-state index contributed by atoms with van der Waals surface area (Å²) >= 11 is 0. The van der Waals surface area contributed by atoms with E-state index < -0.39 is 12.0 Å². The lowest BCUT2D eigenvalue weighted by Gasteiger charge is -2.30. The SMILES string of the molecule is CCOC(=O)[C@H](Cc1ccccc1)NC(=O)N[C@H]1CC[C@@H](Nc2cc(N(C)C)c3ccccc3n2)CC1. The minimum Gasteiger partial charge on any atom is -0.464 e. The summed E-state index contributed by atoms with van der Waals surface area (Å²) in [6.07, 6.45) is 3.92. The molecule has 1 saturated carbocycles. The van der Waals surface area contributed by atoms with Crippen LogP contribution in [0.1, 0.15) is 38.2 Å². The van der Waals surface area contributed by atoms with E-state index in [4.69, 9.17) is 9.72 Å². The van der Waals surface area contributed by atoms with Gasteiger partial charge >= 0.3 is 12.0 Å². The molecule has 0 saturated heterocycles. The molecule has 1 aliphatic rings. The number of esters is 1. The topological polar surface area (TPSA) is 95.6 Å². The van der Waals surface area contributed by atoms with Crippen molar-refractivity contribution in [1.82, 2.24) is 15.6 Å². The fourth-order valence-corrected chi connectivity index (χ4v) is 4.86. The molecule has 8 nitrogen and oxygen atoms in total. The molecular formula is C29H37N5O3. The molecular weight excluding hydrogens is 466 g/mol. The third-order valence-electron chi connectivity index (χ3n) is 6.75. The molecule has 1 aliphatic carbocycles. The highest BCUT2D eigenvalue weighted by Crippen LogP contribution is 2.29. The summed E-state index contributed by atoms with van der Waals surface area (Å²) < 4.78 is 5.19. The molecule has 1 aromatic heterocycles. The number of urea groups is 1. The average Bonchev–Trinajstić information content (AvgIpc) is 2.89. The second-order valence-electron chi connectivity index (χ2n) is 9.74.